The molecule has 168 valence electrons. The maximum Gasteiger partial charge on any atom is 0.243 e. The van der Waals surface area contributed by atoms with E-state index in [0.29, 0.717) is 42.7 Å². The monoisotopic (exact) mass is 465 g/mol. The molecule has 1 atom stereocenters. The van der Waals surface area contributed by atoms with E-state index in [1.54, 1.807) is 31.2 Å². The second-order valence-electron chi connectivity index (χ2n) is 7.59. The van der Waals surface area contributed by atoms with Crippen LogP contribution in [0.25, 0.3) is 0 Å². The molecule has 2 aromatic carbocycles. The highest BCUT2D eigenvalue weighted by Crippen LogP contribution is 2.22. The van der Waals surface area contributed by atoms with Crippen LogP contribution in [-0.2, 0) is 14.8 Å². The molecule has 31 heavy (non-hydrogen) atoms. The van der Waals surface area contributed by atoms with Crippen molar-refractivity contribution in [1.82, 2.24) is 9.21 Å². The molecular formula is C22H28ClN3O4S. The Morgan fingerprint density at radius 1 is 1.19 bits per heavy atom. The molecule has 1 fully saturated rings. The van der Waals surface area contributed by atoms with Crippen LogP contribution in [0.5, 0.6) is 5.75 Å². The van der Waals surface area contributed by atoms with Crippen LogP contribution in [0.2, 0.25) is 5.02 Å². The lowest BCUT2D eigenvalue weighted by Gasteiger charge is -2.24. The van der Waals surface area contributed by atoms with Gasteiger partial charge in [-0.05, 0) is 69.3 Å². The maximum atomic E-state index is 12.6. The molecule has 0 unspecified atom stereocenters. The molecular weight excluding hydrogens is 438 g/mol. The largest absolute Gasteiger partial charge is 0.492 e. The molecule has 1 aliphatic rings. The van der Waals surface area contributed by atoms with Gasteiger partial charge in [0.1, 0.15) is 12.4 Å². The number of hydrogen-bond acceptors (Lipinski definition) is 5. The first-order chi connectivity index (χ1) is 14.8. The number of sulfonamides is 1. The summed E-state index contributed by atoms with van der Waals surface area (Å²) in [6, 6.07) is 13.1. The van der Waals surface area contributed by atoms with Gasteiger partial charge in [-0.25, -0.2) is 8.42 Å². The predicted molar refractivity (Wildman–Crippen MR) is 122 cm³/mol. The molecule has 0 saturated carbocycles. The van der Waals surface area contributed by atoms with E-state index in [0.717, 1.165) is 12.8 Å². The summed E-state index contributed by atoms with van der Waals surface area (Å²) < 4.78 is 32.4. The number of ether oxygens (including phenoxy) is 1. The van der Waals surface area contributed by atoms with E-state index in [1.807, 2.05) is 24.1 Å². The van der Waals surface area contributed by atoms with Crippen molar-refractivity contribution in [3.05, 3.63) is 53.6 Å². The molecule has 1 N–H and O–H groups in total. The summed E-state index contributed by atoms with van der Waals surface area (Å²) in [7, 11) is -1.61. The Hall–Kier alpha value is -2.13. The van der Waals surface area contributed by atoms with Gasteiger partial charge in [-0.1, -0.05) is 17.7 Å². The Balaban J connectivity index is 1.50. The summed E-state index contributed by atoms with van der Waals surface area (Å²) in [5.41, 5.74) is 0.556. The number of likely N-dealkylation sites (N-methyl/N-ethyl adjacent to an activating group) is 1. The van der Waals surface area contributed by atoms with Gasteiger partial charge in [0, 0.05) is 30.3 Å². The van der Waals surface area contributed by atoms with Crippen molar-refractivity contribution in [2.75, 3.05) is 38.6 Å². The Kier molecular flexibility index (Phi) is 7.94. The highest BCUT2D eigenvalue weighted by atomic mass is 35.5. The molecule has 3 rings (SSSR count). The van der Waals surface area contributed by atoms with E-state index in [1.165, 1.54) is 16.4 Å². The second kappa shape index (κ2) is 10.5. The molecule has 9 heteroatoms. The second-order valence-corrected chi connectivity index (χ2v) is 9.96. The third kappa shape index (κ3) is 6.20. The SMILES string of the molecule is C[C@@H](C(=O)Nc1ccc(S(=O)(=O)N2CCCC2)cc1)N(C)CCOc1cccc(Cl)c1. The molecule has 0 spiro atoms. The maximum absolute atomic E-state index is 12.6. The summed E-state index contributed by atoms with van der Waals surface area (Å²) in [4.78, 5) is 14.7. The summed E-state index contributed by atoms with van der Waals surface area (Å²) in [5, 5.41) is 3.45. The van der Waals surface area contributed by atoms with Gasteiger partial charge in [0.05, 0.1) is 10.9 Å². The van der Waals surface area contributed by atoms with Crippen molar-refractivity contribution in [2.45, 2.75) is 30.7 Å². The topological polar surface area (TPSA) is 79.0 Å². The molecule has 1 saturated heterocycles. The van der Waals surface area contributed by atoms with Gasteiger partial charge < -0.3 is 10.1 Å². The van der Waals surface area contributed by atoms with Gasteiger partial charge in [0.15, 0.2) is 0 Å². The van der Waals surface area contributed by atoms with Crippen LogP contribution in [0.1, 0.15) is 19.8 Å². The van der Waals surface area contributed by atoms with Gasteiger partial charge in [-0.3, -0.25) is 9.69 Å². The highest BCUT2D eigenvalue weighted by Gasteiger charge is 2.27. The van der Waals surface area contributed by atoms with Crippen LogP contribution in [0, 0.1) is 0 Å². The van der Waals surface area contributed by atoms with Crippen molar-refractivity contribution in [3.63, 3.8) is 0 Å². The molecule has 0 bridgehead atoms. The Bertz CT molecular complexity index is 992. The molecule has 0 radical (unpaired) electrons. The van der Waals surface area contributed by atoms with Crippen LogP contribution in [0.15, 0.2) is 53.4 Å². The van der Waals surface area contributed by atoms with Crippen molar-refractivity contribution in [2.24, 2.45) is 0 Å². The zero-order chi connectivity index (χ0) is 22.4. The lowest BCUT2D eigenvalue weighted by Crippen LogP contribution is -2.41. The van der Waals surface area contributed by atoms with E-state index in [4.69, 9.17) is 16.3 Å². The Morgan fingerprint density at radius 2 is 1.87 bits per heavy atom. The number of nitrogens with one attached hydrogen (secondary N) is 1. The minimum Gasteiger partial charge on any atom is -0.492 e. The Morgan fingerprint density at radius 3 is 2.52 bits per heavy atom. The number of benzene rings is 2. The smallest absolute Gasteiger partial charge is 0.243 e. The lowest BCUT2D eigenvalue weighted by molar-refractivity contribution is -0.120. The van der Waals surface area contributed by atoms with Crippen LogP contribution in [0.3, 0.4) is 0 Å². The number of amides is 1. The number of rotatable bonds is 9. The number of nitrogens with zero attached hydrogens (tertiary/aromatic N) is 2. The van der Waals surface area contributed by atoms with Crippen LogP contribution >= 0.6 is 11.6 Å². The molecule has 1 heterocycles. The molecule has 1 amide bonds. The summed E-state index contributed by atoms with van der Waals surface area (Å²) >= 11 is 5.94. The number of carbonyl (C=O) groups excluding carboxylic acids is 1. The number of carbonyl (C=O) groups is 1. The van der Waals surface area contributed by atoms with E-state index in [-0.39, 0.29) is 10.8 Å². The van der Waals surface area contributed by atoms with Crippen LogP contribution in [-0.4, -0.2) is 62.9 Å². The minimum atomic E-state index is -3.46. The fraction of sp³-hybridized carbons (Fsp3) is 0.409. The first kappa shape index (κ1) is 23.5. The Labute approximate surface area is 189 Å². The molecule has 7 nitrogen and oxygen atoms in total. The lowest BCUT2D eigenvalue weighted by atomic mass is 10.2. The van der Waals surface area contributed by atoms with E-state index >= 15 is 0 Å². The van der Waals surface area contributed by atoms with Gasteiger partial charge >= 0.3 is 0 Å². The van der Waals surface area contributed by atoms with Crippen LogP contribution in [0.4, 0.5) is 5.69 Å². The fourth-order valence-corrected chi connectivity index (χ4v) is 4.99. The van der Waals surface area contributed by atoms with Gasteiger partial charge in [0.2, 0.25) is 15.9 Å². The van der Waals surface area contributed by atoms with Gasteiger partial charge in [0.25, 0.3) is 0 Å². The normalized spacial score (nSPS) is 15.7. The van der Waals surface area contributed by atoms with E-state index in [2.05, 4.69) is 5.32 Å². The summed E-state index contributed by atoms with van der Waals surface area (Å²) in [5.74, 6) is 0.502. The zero-order valence-corrected chi connectivity index (χ0v) is 19.3. The standard InChI is InChI=1S/C22H28ClN3O4S/c1-17(25(2)14-15-30-20-7-5-6-18(23)16-20)22(27)24-19-8-10-21(11-9-19)31(28,29)26-12-3-4-13-26/h5-11,16-17H,3-4,12-15H2,1-2H3,(H,24,27)/t17-/m0/s1. The van der Waals surface area contributed by atoms with Crippen molar-refractivity contribution in [1.29, 1.82) is 0 Å². The highest BCUT2D eigenvalue weighted by molar-refractivity contribution is 7.89. The minimum absolute atomic E-state index is 0.180. The van der Waals surface area contributed by atoms with Crippen molar-refractivity contribution >= 4 is 33.2 Å². The first-order valence-corrected chi connectivity index (χ1v) is 12.1. The van der Waals surface area contributed by atoms with E-state index in [9.17, 15) is 13.2 Å². The summed E-state index contributed by atoms with van der Waals surface area (Å²) in [6.45, 7) is 3.89. The zero-order valence-electron chi connectivity index (χ0n) is 17.8. The van der Waals surface area contributed by atoms with Crippen molar-refractivity contribution < 1.29 is 17.9 Å². The molecule has 0 aliphatic carbocycles. The molecule has 2 aromatic rings. The predicted octanol–water partition coefficient (Wildman–Crippen LogP) is 3.46. The fourth-order valence-electron chi connectivity index (χ4n) is 3.29. The third-order valence-electron chi connectivity index (χ3n) is 5.37. The number of halogens is 1. The third-order valence-corrected chi connectivity index (χ3v) is 7.52. The first-order valence-electron chi connectivity index (χ1n) is 10.3. The molecule has 0 aromatic heterocycles. The van der Waals surface area contributed by atoms with Crippen LogP contribution < -0.4 is 10.1 Å². The number of hydrogen-bond donors (Lipinski definition) is 1. The van der Waals surface area contributed by atoms with Gasteiger partial charge in [-0.15, -0.1) is 0 Å². The average Bonchev–Trinajstić information content (AvgIpc) is 3.29. The quantitative estimate of drug-likeness (QED) is 0.613. The van der Waals surface area contributed by atoms with Crippen molar-refractivity contribution in [3.8, 4) is 5.75 Å². The van der Waals surface area contributed by atoms with Gasteiger partial charge in [-0.2, -0.15) is 4.31 Å². The molecule has 1 aliphatic heterocycles. The average molecular weight is 466 g/mol. The van der Waals surface area contributed by atoms with E-state index < -0.39 is 16.1 Å². The number of anilines is 1. The summed E-state index contributed by atoms with van der Waals surface area (Å²) in [6.07, 6.45) is 1.78.